The minimum atomic E-state index is -0.726. The molecule has 0 unspecified atom stereocenters. The molecule has 1 aliphatic heterocycles. The summed E-state index contributed by atoms with van der Waals surface area (Å²) in [5.41, 5.74) is 4.03. The first kappa shape index (κ1) is 19.9. The van der Waals surface area contributed by atoms with E-state index in [1.807, 2.05) is 60.0 Å². The summed E-state index contributed by atoms with van der Waals surface area (Å²) in [6.45, 7) is 2.38. The molecular formula is C25H21FN4O2. The number of nitrogens with zero attached hydrogens (tertiary/aromatic N) is 3. The molecule has 6 nitrogen and oxygen atoms in total. The summed E-state index contributed by atoms with van der Waals surface area (Å²) >= 11 is 0. The summed E-state index contributed by atoms with van der Waals surface area (Å²) in [7, 11) is 0. The van der Waals surface area contributed by atoms with Gasteiger partial charge < -0.3 is 5.32 Å². The van der Waals surface area contributed by atoms with Crippen LogP contribution in [0.4, 0.5) is 16.0 Å². The molecule has 1 aromatic heterocycles. The molecule has 0 saturated carbocycles. The molecule has 0 spiro atoms. The normalized spacial score (nSPS) is 15.2. The molecule has 1 atom stereocenters. The maximum absolute atomic E-state index is 13.5. The Balaban J connectivity index is 1.47. The summed E-state index contributed by atoms with van der Waals surface area (Å²) in [4.78, 5) is 32.5. The van der Waals surface area contributed by atoms with Gasteiger partial charge in [-0.1, -0.05) is 48.0 Å². The Hall–Kier alpha value is -4.00. The molecule has 1 aliphatic rings. The number of benzene rings is 3. The molecule has 32 heavy (non-hydrogen) atoms. The molecule has 160 valence electrons. The lowest BCUT2D eigenvalue weighted by Gasteiger charge is -2.16. The van der Waals surface area contributed by atoms with E-state index in [1.54, 1.807) is 11.0 Å². The number of imidazole rings is 1. The number of carbonyl (C=O) groups is 2. The predicted molar refractivity (Wildman–Crippen MR) is 121 cm³/mol. The maximum atomic E-state index is 13.5. The van der Waals surface area contributed by atoms with Gasteiger partial charge in [-0.2, -0.15) is 0 Å². The zero-order valence-electron chi connectivity index (χ0n) is 17.5. The number of aromatic nitrogens is 2. The monoisotopic (exact) mass is 428 g/mol. The fraction of sp³-hybridized carbons (Fsp3) is 0.160. The van der Waals surface area contributed by atoms with Gasteiger partial charge >= 0.3 is 0 Å². The van der Waals surface area contributed by atoms with Crippen LogP contribution in [0.2, 0.25) is 0 Å². The topological polar surface area (TPSA) is 67.2 Å². The summed E-state index contributed by atoms with van der Waals surface area (Å²) in [6, 6.07) is 20.5. The van der Waals surface area contributed by atoms with Crippen molar-refractivity contribution in [3.63, 3.8) is 0 Å². The van der Waals surface area contributed by atoms with Crippen LogP contribution >= 0.6 is 0 Å². The summed E-state index contributed by atoms with van der Waals surface area (Å²) in [5.74, 6) is -0.463. The summed E-state index contributed by atoms with van der Waals surface area (Å²) in [6.07, 6.45) is -0.0763. The lowest BCUT2D eigenvalue weighted by Crippen LogP contribution is -2.31. The third-order valence-electron chi connectivity index (χ3n) is 5.63. The molecule has 0 aliphatic carbocycles. The highest BCUT2D eigenvalue weighted by atomic mass is 19.1. The second-order valence-corrected chi connectivity index (χ2v) is 7.96. The Bertz CT molecular complexity index is 1330. The van der Waals surface area contributed by atoms with Gasteiger partial charge in [-0.05, 0) is 42.8 Å². The predicted octanol–water partition coefficient (Wildman–Crippen LogP) is 4.60. The number of hydrogen-bond donors (Lipinski definition) is 1. The molecule has 4 aromatic rings. The van der Waals surface area contributed by atoms with Gasteiger partial charge in [0.25, 0.3) is 5.91 Å². The fourth-order valence-electron chi connectivity index (χ4n) is 4.08. The number of aryl methyl sites for hydroxylation is 1. The summed E-state index contributed by atoms with van der Waals surface area (Å²) in [5, 5.41) is 2.69. The van der Waals surface area contributed by atoms with Gasteiger partial charge in [0.2, 0.25) is 11.9 Å². The standard InChI is InChI=1S/C25H21FN4O2/c1-16-9-11-17(12-10-16)15-29-24(32)22(14-23(31)27-19-6-4-5-18(26)13-19)30-21-8-3-2-7-20(21)28-25(29)30/h2-13,22H,14-15H2,1H3,(H,27,31)/t22-/m0/s1. The van der Waals surface area contributed by atoms with Crippen molar-refractivity contribution in [2.75, 3.05) is 10.2 Å². The van der Waals surface area contributed by atoms with E-state index in [-0.39, 0.29) is 18.2 Å². The lowest BCUT2D eigenvalue weighted by molar-refractivity contribution is -0.124. The number of carbonyl (C=O) groups excluding carboxylic acids is 2. The van der Waals surface area contributed by atoms with Crippen LogP contribution in [0.25, 0.3) is 11.0 Å². The number of hydrogen-bond acceptors (Lipinski definition) is 3. The number of nitrogens with one attached hydrogen (secondary N) is 1. The molecule has 0 bridgehead atoms. The van der Waals surface area contributed by atoms with Crippen LogP contribution in [0, 0.1) is 12.7 Å². The number of para-hydroxylation sites is 2. The van der Waals surface area contributed by atoms with E-state index in [9.17, 15) is 14.0 Å². The molecule has 0 saturated heterocycles. The van der Waals surface area contributed by atoms with E-state index < -0.39 is 11.9 Å². The van der Waals surface area contributed by atoms with E-state index in [0.29, 0.717) is 18.2 Å². The highest BCUT2D eigenvalue weighted by Gasteiger charge is 2.40. The van der Waals surface area contributed by atoms with Gasteiger partial charge in [-0.3, -0.25) is 19.1 Å². The molecule has 0 fully saturated rings. The highest BCUT2D eigenvalue weighted by molar-refractivity contribution is 6.05. The number of halogens is 1. The van der Waals surface area contributed by atoms with Crippen LogP contribution in [-0.2, 0) is 16.1 Å². The zero-order valence-corrected chi connectivity index (χ0v) is 17.5. The van der Waals surface area contributed by atoms with E-state index in [0.717, 1.165) is 22.2 Å². The molecule has 1 N–H and O–H groups in total. The molecule has 0 radical (unpaired) electrons. The number of anilines is 2. The molecule has 7 heteroatoms. The lowest BCUT2D eigenvalue weighted by atomic mass is 10.1. The number of rotatable bonds is 5. The van der Waals surface area contributed by atoms with Crippen molar-refractivity contribution in [2.45, 2.75) is 25.9 Å². The van der Waals surface area contributed by atoms with Crippen molar-refractivity contribution in [1.29, 1.82) is 0 Å². The van der Waals surface area contributed by atoms with Crippen LogP contribution in [0.5, 0.6) is 0 Å². The minimum absolute atomic E-state index is 0.0763. The van der Waals surface area contributed by atoms with E-state index in [2.05, 4.69) is 10.3 Å². The first-order chi connectivity index (χ1) is 15.5. The Labute approximate surface area is 184 Å². The van der Waals surface area contributed by atoms with Crippen molar-refractivity contribution in [3.8, 4) is 0 Å². The van der Waals surface area contributed by atoms with Crippen LogP contribution in [0.15, 0.2) is 72.8 Å². The largest absolute Gasteiger partial charge is 0.326 e. The third-order valence-corrected chi connectivity index (χ3v) is 5.63. The van der Waals surface area contributed by atoms with Crippen molar-refractivity contribution in [2.24, 2.45) is 0 Å². The van der Waals surface area contributed by atoms with Gasteiger partial charge in [0.1, 0.15) is 11.9 Å². The SMILES string of the molecule is Cc1ccc(CN2C(=O)[C@H](CC(=O)Nc3cccc(F)c3)n3c2nc2ccccc23)cc1. The van der Waals surface area contributed by atoms with Gasteiger partial charge in [0, 0.05) is 5.69 Å². The second-order valence-electron chi connectivity index (χ2n) is 7.96. The van der Waals surface area contributed by atoms with Crippen molar-refractivity contribution >= 4 is 34.5 Å². The fourth-order valence-corrected chi connectivity index (χ4v) is 4.08. The molecule has 2 amide bonds. The molecule has 2 heterocycles. The molecule has 5 rings (SSSR count). The van der Waals surface area contributed by atoms with E-state index >= 15 is 0 Å². The average Bonchev–Trinajstić information content (AvgIpc) is 3.26. The molecular weight excluding hydrogens is 407 g/mol. The van der Waals surface area contributed by atoms with Gasteiger partial charge in [-0.25, -0.2) is 9.37 Å². The Morgan fingerprint density at radius 1 is 1.06 bits per heavy atom. The van der Waals surface area contributed by atoms with Gasteiger partial charge in [0.05, 0.1) is 24.0 Å². The smallest absolute Gasteiger partial charge is 0.253 e. The number of amides is 2. The first-order valence-electron chi connectivity index (χ1n) is 10.4. The van der Waals surface area contributed by atoms with Crippen molar-refractivity contribution in [1.82, 2.24) is 9.55 Å². The highest BCUT2D eigenvalue weighted by Crippen LogP contribution is 2.37. The zero-order chi connectivity index (χ0) is 22.2. The minimum Gasteiger partial charge on any atom is -0.326 e. The number of fused-ring (bicyclic) bond motifs is 3. The summed E-state index contributed by atoms with van der Waals surface area (Å²) < 4.78 is 15.3. The van der Waals surface area contributed by atoms with Crippen molar-refractivity contribution in [3.05, 3.63) is 89.7 Å². The van der Waals surface area contributed by atoms with Crippen LogP contribution in [0.1, 0.15) is 23.6 Å². The quantitative estimate of drug-likeness (QED) is 0.505. The van der Waals surface area contributed by atoms with Gasteiger partial charge in [0.15, 0.2) is 0 Å². The first-order valence-corrected chi connectivity index (χ1v) is 10.4. The second kappa shape index (κ2) is 7.92. The van der Waals surface area contributed by atoms with Gasteiger partial charge in [-0.15, -0.1) is 0 Å². The van der Waals surface area contributed by atoms with Crippen LogP contribution < -0.4 is 10.2 Å². The van der Waals surface area contributed by atoms with E-state index in [1.165, 1.54) is 18.2 Å². The Morgan fingerprint density at radius 3 is 2.62 bits per heavy atom. The van der Waals surface area contributed by atoms with Crippen molar-refractivity contribution < 1.29 is 14.0 Å². The van der Waals surface area contributed by atoms with E-state index in [4.69, 9.17) is 0 Å². The Kier molecular flexibility index (Phi) is 4.93. The Morgan fingerprint density at radius 2 is 1.84 bits per heavy atom. The third kappa shape index (κ3) is 3.62. The average molecular weight is 428 g/mol. The van der Waals surface area contributed by atoms with Crippen LogP contribution in [-0.4, -0.2) is 21.4 Å². The van der Waals surface area contributed by atoms with Crippen LogP contribution in [0.3, 0.4) is 0 Å². The molecule has 3 aromatic carbocycles. The maximum Gasteiger partial charge on any atom is 0.253 e.